The second-order valence-corrected chi connectivity index (χ2v) is 9.87. The summed E-state index contributed by atoms with van der Waals surface area (Å²) in [5.41, 5.74) is 5.15. The number of halogens is 2. The molecule has 26 heavy (non-hydrogen) atoms. The Labute approximate surface area is 160 Å². The maximum atomic E-state index is 13.5. The van der Waals surface area contributed by atoms with Crippen LogP contribution in [0.4, 0.5) is 8.78 Å². The molecule has 3 heteroatoms. The number of thioether (sulfide) groups is 1. The molecule has 0 aromatic heterocycles. The molecular formula is C23H30F2S. The highest BCUT2D eigenvalue weighted by molar-refractivity contribution is 7.98. The molecule has 0 N–H and O–H groups in total. The molecule has 0 nitrogen and oxygen atoms in total. The summed E-state index contributed by atoms with van der Waals surface area (Å²) in [5.74, 6) is 2.31. The van der Waals surface area contributed by atoms with Crippen molar-refractivity contribution in [2.24, 2.45) is 22.7 Å². The fourth-order valence-corrected chi connectivity index (χ4v) is 7.11. The molecule has 4 aliphatic rings. The minimum absolute atomic E-state index is 0.0174. The number of allylic oxidation sites excluding steroid dienone is 6. The normalized spacial score (nSPS) is 42.2. The highest BCUT2D eigenvalue weighted by Crippen LogP contribution is 2.65. The van der Waals surface area contributed by atoms with Gasteiger partial charge in [0, 0.05) is 5.41 Å². The second-order valence-electron chi connectivity index (χ2n) is 8.88. The van der Waals surface area contributed by atoms with Crippen LogP contribution in [-0.2, 0) is 0 Å². The maximum Gasteiger partial charge on any atom is 0.0898 e. The number of hydrogen-bond donors (Lipinski definition) is 0. The van der Waals surface area contributed by atoms with E-state index < -0.39 is 0 Å². The number of fused-ring (bicyclic) bond motifs is 5. The molecule has 0 aromatic carbocycles. The van der Waals surface area contributed by atoms with Gasteiger partial charge in [0.15, 0.2) is 0 Å². The number of hydrogen-bond acceptors (Lipinski definition) is 1. The van der Waals surface area contributed by atoms with E-state index in [0.29, 0.717) is 11.8 Å². The first kappa shape index (κ1) is 18.5. The first-order valence-corrected chi connectivity index (χ1v) is 11.5. The minimum Gasteiger partial charge on any atom is -0.216 e. The van der Waals surface area contributed by atoms with Crippen LogP contribution in [0.2, 0.25) is 0 Å². The molecule has 4 rings (SSSR count). The molecule has 0 saturated heterocycles. The molecule has 0 radical (unpaired) electrons. The highest BCUT2D eigenvalue weighted by Gasteiger charge is 2.55. The summed E-state index contributed by atoms with van der Waals surface area (Å²) in [4.78, 5) is 0. The van der Waals surface area contributed by atoms with Crippen LogP contribution in [0.25, 0.3) is 0 Å². The predicted molar refractivity (Wildman–Crippen MR) is 107 cm³/mol. The zero-order valence-electron chi connectivity index (χ0n) is 16.0. The SMILES string of the molecule is CSCC[C@]12CCC(=CF)C=C1CC[C@@H]1C2=CC[C@]2(C)C(=CF)CC[C@@H]12. The van der Waals surface area contributed by atoms with Crippen LogP contribution in [0, 0.1) is 22.7 Å². The Bertz CT molecular complexity index is 701. The highest BCUT2D eigenvalue weighted by atomic mass is 32.2. The van der Waals surface area contributed by atoms with Crippen molar-refractivity contribution in [1.82, 2.24) is 0 Å². The molecule has 0 aliphatic heterocycles. The van der Waals surface area contributed by atoms with Crippen molar-refractivity contribution in [2.75, 3.05) is 12.0 Å². The zero-order valence-corrected chi connectivity index (χ0v) is 16.8. The van der Waals surface area contributed by atoms with Gasteiger partial charge in [0.05, 0.1) is 12.7 Å². The first-order valence-electron chi connectivity index (χ1n) is 10.1. The molecule has 2 saturated carbocycles. The summed E-state index contributed by atoms with van der Waals surface area (Å²) in [5, 5.41) is 0. The van der Waals surface area contributed by atoms with Crippen molar-refractivity contribution in [3.8, 4) is 0 Å². The third kappa shape index (κ3) is 2.60. The summed E-state index contributed by atoms with van der Waals surface area (Å²) in [6, 6.07) is 0. The molecule has 0 bridgehead atoms. The van der Waals surface area contributed by atoms with Crippen molar-refractivity contribution in [1.29, 1.82) is 0 Å². The quantitative estimate of drug-likeness (QED) is 0.465. The fraction of sp³-hybridized carbons (Fsp3) is 0.652. The molecule has 0 spiro atoms. The molecule has 0 amide bonds. The molecule has 142 valence electrons. The largest absolute Gasteiger partial charge is 0.216 e. The van der Waals surface area contributed by atoms with Crippen molar-refractivity contribution >= 4 is 11.8 Å². The van der Waals surface area contributed by atoms with E-state index in [1.807, 2.05) is 11.8 Å². The Kier molecular flexibility index (Phi) is 4.96. The standard InChI is InChI=1S/C23H30F2S/c1-22-9-8-21-19(20(22)6-4-18(22)15-25)5-3-17-13-16(14-24)7-10-23(17,21)11-12-26-2/h8,13-15,19-20H,3-7,9-12H2,1-2H3/t19-,20-,22+,23+/m0/s1. The molecule has 0 unspecified atom stereocenters. The fourth-order valence-electron chi connectivity index (χ4n) is 6.55. The van der Waals surface area contributed by atoms with Gasteiger partial charge in [-0.1, -0.05) is 30.2 Å². The van der Waals surface area contributed by atoms with E-state index in [1.54, 1.807) is 5.57 Å². The Balaban J connectivity index is 1.77. The van der Waals surface area contributed by atoms with Gasteiger partial charge < -0.3 is 0 Å². The van der Waals surface area contributed by atoms with Gasteiger partial charge >= 0.3 is 0 Å². The lowest BCUT2D eigenvalue weighted by Crippen LogP contribution is -2.44. The molecule has 4 atom stereocenters. The van der Waals surface area contributed by atoms with Crippen molar-refractivity contribution in [2.45, 2.75) is 58.3 Å². The van der Waals surface area contributed by atoms with Crippen LogP contribution in [0.3, 0.4) is 0 Å². The molecule has 4 aliphatic carbocycles. The van der Waals surface area contributed by atoms with E-state index >= 15 is 0 Å². The average Bonchev–Trinajstić information content (AvgIpc) is 3.02. The summed E-state index contributed by atoms with van der Waals surface area (Å²) < 4.78 is 26.7. The van der Waals surface area contributed by atoms with E-state index in [0.717, 1.165) is 80.9 Å². The summed E-state index contributed by atoms with van der Waals surface area (Å²) in [6.45, 7) is 2.29. The summed E-state index contributed by atoms with van der Waals surface area (Å²) in [6.07, 6.45) is 16.8. The zero-order chi connectivity index (χ0) is 18.4. The van der Waals surface area contributed by atoms with E-state index in [-0.39, 0.29) is 10.8 Å². The smallest absolute Gasteiger partial charge is 0.0898 e. The average molecular weight is 377 g/mol. The predicted octanol–water partition coefficient (Wildman–Crippen LogP) is 7.31. The van der Waals surface area contributed by atoms with E-state index in [2.05, 4.69) is 25.3 Å². The summed E-state index contributed by atoms with van der Waals surface area (Å²) in [7, 11) is 0. The van der Waals surface area contributed by atoms with Crippen LogP contribution in [0.1, 0.15) is 58.3 Å². The topological polar surface area (TPSA) is 0 Å². The Morgan fingerprint density at radius 3 is 2.77 bits per heavy atom. The Morgan fingerprint density at radius 1 is 1.19 bits per heavy atom. The first-order chi connectivity index (χ1) is 12.6. The molecule has 2 fully saturated rings. The van der Waals surface area contributed by atoms with Gasteiger partial charge in [-0.15, -0.1) is 0 Å². The molecular weight excluding hydrogens is 346 g/mol. The van der Waals surface area contributed by atoms with Gasteiger partial charge in [-0.05, 0) is 91.8 Å². The van der Waals surface area contributed by atoms with Crippen LogP contribution in [-0.4, -0.2) is 12.0 Å². The molecule has 0 heterocycles. The van der Waals surface area contributed by atoms with Crippen molar-refractivity contribution < 1.29 is 8.78 Å². The Morgan fingerprint density at radius 2 is 2.04 bits per heavy atom. The van der Waals surface area contributed by atoms with Crippen molar-refractivity contribution in [3.63, 3.8) is 0 Å². The summed E-state index contributed by atoms with van der Waals surface area (Å²) >= 11 is 1.91. The van der Waals surface area contributed by atoms with Crippen LogP contribution in [0.15, 0.2) is 47.1 Å². The van der Waals surface area contributed by atoms with E-state index in [1.165, 1.54) is 5.57 Å². The van der Waals surface area contributed by atoms with Crippen LogP contribution < -0.4 is 0 Å². The molecule has 0 aromatic rings. The maximum absolute atomic E-state index is 13.5. The lowest BCUT2D eigenvalue weighted by molar-refractivity contribution is 0.136. The van der Waals surface area contributed by atoms with Crippen LogP contribution in [0.5, 0.6) is 0 Å². The van der Waals surface area contributed by atoms with Gasteiger partial charge in [-0.2, -0.15) is 11.8 Å². The van der Waals surface area contributed by atoms with Gasteiger partial charge in [0.25, 0.3) is 0 Å². The monoisotopic (exact) mass is 376 g/mol. The third-order valence-electron chi connectivity index (χ3n) is 8.00. The van der Waals surface area contributed by atoms with Crippen molar-refractivity contribution in [3.05, 3.63) is 47.1 Å². The van der Waals surface area contributed by atoms with E-state index in [4.69, 9.17) is 0 Å². The number of rotatable bonds is 3. The third-order valence-corrected chi connectivity index (χ3v) is 8.62. The van der Waals surface area contributed by atoms with Gasteiger partial charge in [-0.3, -0.25) is 0 Å². The Hall–Kier alpha value is -0.830. The second kappa shape index (κ2) is 6.96. The van der Waals surface area contributed by atoms with Gasteiger partial charge in [-0.25, -0.2) is 8.78 Å². The van der Waals surface area contributed by atoms with E-state index in [9.17, 15) is 8.78 Å². The van der Waals surface area contributed by atoms with Gasteiger partial charge in [0.1, 0.15) is 0 Å². The van der Waals surface area contributed by atoms with Gasteiger partial charge in [0.2, 0.25) is 0 Å². The minimum atomic E-state index is 0.0174. The van der Waals surface area contributed by atoms with Crippen LogP contribution >= 0.6 is 11.8 Å². The lowest BCUT2D eigenvalue weighted by atomic mass is 9.50. The lowest BCUT2D eigenvalue weighted by Gasteiger charge is -2.54.